The maximum Gasteiger partial charge on any atom is 0.149 e. The lowest BCUT2D eigenvalue weighted by atomic mass is 10.1. The lowest BCUT2D eigenvalue weighted by Crippen LogP contribution is -2.26. The van der Waals surface area contributed by atoms with Crippen LogP contribution in [0.25, 0.3) is 10.9 Å². The summed E-state index contributed by atoms with van der Waals surface area (Å²) in [7, 11) is 3.58. The third-order valence-corrected chi connectivity index (χ3v) is 2.50. The summed E-state index contributed by atoms with van der Waals surface area (Å²) >= 11 is 0. The molecule has 0 saturated carbocycles. The molecule has 0 unspecified atom stereocenters. The topological polar surface area (TPSA) is 80.2 Å². The molecule has 1 aromatic heterocycles. The van der Waals surface area contributed by atoms with Crippen molar-refractivity contribution in [2.75, 3.05) is 30.2 Å². The summed E-state index contributed by atoms with van der Waals surface area (Å²) in [6.07, 6.45) is 0. The van der Waals surface area contributed by atoms with Gasteiger partial charge in [0.15, 0.2) is 0 Å². The van der Waals surface area contributed by atoms with E-state index in [0.29, 0.717) is 5.82 Å². The number of fused-ring (bicyclic) bond motifs is 1. The Hall–Kier alpha value is -2.01. The quantitative estimate of drug-likeness (QED) is 0.519. The van der Waals surface area contributed by atoms with E-state index in [4.69, 9.17) is 11.6 Å². The zero-order chi connectivity index (χ0) is 11.7. The first-order chi connectivity index (χ1) is 7.65. The highest BCUT2D eigenvalue weighted by Crippen LogP contribution is 2.35. The Morgan fingerprint density at radius 2 is 2.00 bits per heavy atom. The number of benzene rings is 1. The van der Waals surface area contributed by atoms with Crippen molar-refractivity contribution in [1.82, 2.24) is 4.98 Å². The van der Waals surface area contributed by atoms with Crippen LogP contribution in [-0.4, -0.2) is 19.1 Å². The van der Waals surface area contributed by atoms with E-state index in [-0.39, 0.29) is 0 Å². The summed E-state index contributed by atoms with van der Waals surface area (Å²) in [6, 6.07) is 7.76. The average molecular weight is 217 g/mol. The lowest BCUT2D eigenvalue weighted by molar-refractivity contribution is 1.02. The molecule has 0 aliphatic rings. The van der Waals surface area contributed by atoms with Crippen LogP contribution in [0, 0.1) is 0 Å². The molecule has 5 heteroatoms. The molecule has 0 aliphatic carbocycles. The van der Waals surface area contributed by atoms with Crippen LogP contribution in [0.4, 0.5) is 17.2 Å². The Morgan fingerprint density at radius 3 is 2.62 bits per heavy atom. The molecule has 5 N–H and O–H groups in total. The maximum atomic E-state index is 5.88. The second kappa shape index (κ2) is 3.86. The van der Waals surface area contributed by atoms with E-state index < -0.39 is 0 Å². The number of pyridine rings is 1. The molecule has 2 aromatic rings. The van der Waals surface area contributed by atoms with E-state index >= 15 is 0 Å². The van der Waals surface area contributed by atoms with E-state index in [1.54, 1.807) is 19.1 Å². The van der Waals surface area contributed by atoms with Gasteiger partial charge in [-0.25, -0.2) is 10.8 Å². The minimum absolute atomic E-state index is 0.452. The summed E-state index contributed by atoms with van der Waals surface area (Å²) in [4.78, 5) is 4.32. The van der Waals surface area contributed by atoms with Gasteiger partial charge in [-0.05, 0) is 6.07 Å². The number of nitrogen functional groups attached to an aromatic ring is 1. The smallest absolute Gasteiger partial charge is 0.149 e. The minimum Gasteiger partial charge on any atom is -0.383 e. The zero-order valence-electron chi connectivity index (χ0n) is 9.36. The number of nitrogens with two attached hydrogens (primary N) is 2. The molecule has 0 radical (unpaired) electrons. The van der Waals surface area contributed by atoms with Gasteiger partial charge in [0.1, 0.15) is 11.5 Å². The van der Waals surface area contributed by atoms with Gasteiger partial charge in [-0.3, -0.25) is 0 Å². The number of hydrazine groups is 1. The van der Waals surface area contributed by atoms with Crippen molar-refractivity contribution in [3.63, 3.8) is 0 Å². The molecule has 1 heterocycles. The van der Waals surface area contributed by atoms with Crippen molar-refractivity contribution in [2.45, 2.75) is 0 Å². The van der Waals surface area contributed by atoms with Crippen LogP contribution in [0.3, 0.4) is 0 Å². The molecule has 84 valence electrons. The molecule has 0 fully saturated rings. The summed E-state index contributed by atoms with van der Waals surface area (Å²) in [5, 5.41) is 5.55. The second-order valence-corrected chi connectivity index (χ2v) is 3.60. The zero-order valence-corrected chi connectivity index (χ0v) is 9.36. The van der Waals surface area contributed by atoms with Crippen LogP contribution >= 0.6 is 0 Å². The molecule has 0 atom stereocenters. The van der Waals surface area contributed by atoms with Crippen molar-refractivity contribution in [3.8, 4) is 0 Å². The molecule has 2 rings (SSSR count). The van der Waals surface area contributed by atoms with Crippen molar-refractivity contribution in [3.05, 3.63) is 24.3 Å². The summed E-state index contributed by atoms with van der Waals surface area (Å²) in [5.74, 6) is 6.29. The van der Waals surface area contributed by atoms with Gasteiger partial charge >= 0.3 is 0 Å². The fraction of sp³-hybridized carbons (Fsp3) is 0.182. The van der Waals surface area contributed by atoms with Gasteiger partial charge in [0.05, 0.1) is 11.2 Å². The second-order valence-electron chi connectivity index (χ2n) is 3.60. The molecule has 0 amide bonds. The van der Waals surface area contributed by atoms with Gasteiger partial charge < -0.3 is 16.1 Å². The number of rotatable bonds is 2. The molecule has 0 spiro atoms. The number of nitrogens with zero attached hydrogens (tertiary/aromatic N) is 2. The van der Waals surface area contributed by atoms with Gasteiger partial charge in [0.2, 0.25) is 0 Å². The normalized spacial score (nSPS) is 10.4. The maximum absolute atomic E-state index is 5.88. The van der Waals surface area contributed by atoms with E-state index in [9.17, 15) is 0 Å². The molecular formula is C11H15N5. The summed E-state index contributed by atoms with van der Waals surface area (Å²) in [6.45, 7) is 0. The Balaban J connectivity index is 2.87. The molecule has 5 nitrogen and oxygen atoms in total. The van der Waals surface area contributed by atoms with Crippen LogP contribution in [0.15, 0.2) is 24.3 Å². The standard InChI is InChI=1S/C11H15N5/c1-14-9-10(16(2)13)7-5-3-4-6-8(7)15-11(9)12/h3-6,14H,13H2,1-2H3,(H2,12,15). The third kappa shape index (κ3) is 1.51. The molecule has 16 heavy (non-hydrogen) atoms. The van der Waals surface area contributed by atoms with Crippen LogP contribution < -0.4 is 21.9 Å². The first kappa shape index (κ1) is 10.5. The number of para-hydroxylation sites is 1. The Bertz CT molecular complexity index is 521. The Morgan fingerprint density at radius 1 is 1.31 bits per heavy atom. The highest BCUT2D eigenvalue weighted by atomic mass is 15.4. The molecule has 0 aliphatic heterocycles. The third-order valence-electron chi connectivity index (χ3n) is 2.50. The summed E-state index contributed by atoms with van der Waals surface area (Å²) < 4.78 is 0. The predicted octanol–water partition coefficient (Wildman–Crippen LogP) is 1.17. The van der Waals surface area contributed by atoms with Crippen molar-refractivity contribution < 1.29 is 0 Å². The first-order valence-electron chi connectivity index (χ1n) is 4.99. The van der Waals surface area contributed by atoms with Gasteiger partial charge in [-0.1, -0.05) is 18.2 Å². The SMILES string of the molecule is CNc1c(N)nc2ccccc2c1N(C)N. The number of nitrogens with one attached hydrogen (secondary N) is 1. The molecule has 0 saturated heterocycles. The number of hydrogen-bond donors (Lipinski definition) is 3. The first-order valence-corrected chi connectivity index (χ1v) is 4.99. The van der Waals surface area contributed by atoms with Crippen LogP contribution in [-0.2, 0) is 0 Å². The fourth-order valence-electron chi connectivity index (χ4n) is 1.83. The Labute approximate surface area is 94.0 Å². The lowest BCUT2D eigenvalue weighted by Gasteiger charge is -2.20. The Kier molecular flexibility index (Phi) is 2.54. The highest BCUT2D eigenvalue weighted by Gasteiger charge is 2.13. The molecule has 0 bridgehead atoms. The van der Waals surface area contributed by atoms with Crippen LogP contribution in [0.5, 0.6) is 0 Å². The largest absolute Gasteiger partial charge is 0.383 e. The van der Waals surface area contributed by atoms with Crippen LogP contribution in [0.2, 0.25) is 0 Å². The van der Waals surface area contributed by atoms with Gasteiger partial charge in [-0.2, -0.15) is 0 Å². The van der Waals surface area contributed by atoms with E-state index in [0.717, 1.165) is 22.3 Å². The number of anilines is 3. The fourth-order valence-corrected chi connectivity index (χ4v) is 1.83. The van der Waals surface area contributed by atoms with E-state index in [1.807, 2.05) is 24.3 Å². The highest BCUT2D eigenvalue weighted by molar-refractivity contribution is 6.01. The number of aromatic nitrogens is 1. The van der Waals surface area contributed by atoms with Crippen LogP contribution in [0.1, 0.15) is 0 Å². The predicted molar refractivity (Wildman–Crippen MR) is 68.3 cm³/mol. The van der Waals surface area contributed by atoms with Gasteiger partial charge in [-0.15, -0.1) is 0 Å². The van der Waals surface area contributed by atoms with Crippen molar-refractivity contribution >= 4 is 28.1 Å². The van der Waals surface area contributed by atoms with Gasteiger partial charge in [0, 0.05) is 19.5 Å². The monoisotopic (exact) mass is 217 g/mol. The minimum atomic E-state index is 0.452. The van der Waals surface area contributed by atoms with E-state index in [1.165, 1.54) is 0 Å². The van der Waals surface area contributed by atoms with Crippen molar-refractivity contribution in [2.24, 2.45) is 5.84 Å². The van der Waals surface area contributed by atoms with E-state index in [2.05, 4.69) is 10.3 Å². The van der Waals surface area contributed by atoms with Crippen molar-refractivity contribution in [1.29, 1.82) is 0 Å². The average Bonchev–Trinajstić information content (AvgIpc) is 2.26. The molecule has 1 aromatic carbocycles. The van der Waals surface area contributed by atoms with Gasteiger partial charge in [0.25, 0.3) is 0 Å². The number of hydrogen-bond acceptors (Lipinski definition) is 5. The summed E-state index contributed by atoms with van der Waals surface area (Å²) in [5.41, 5.74) is 8.32. The molecular weight excluding hydrogens is 202 g/mol.